The maximum atomic E-state index is 12.6. The number of fused-ring (bicyclic) bond motifs is 1. The number of esters is 2. The van der Waals surface area contributed by atoms with Gasteiger partial charge in [0.1, 0.15) is 5.75 Å². The summed E-state index contributed by atoms with van der Waals surface area (Å²) in [5, 5.41) is 0. The van der Waals surface area contributed by atoms with E-state index in [1.807, 2.05) is 6.07 Å². The summed E-state index contributed by atoms with van der Waals surface area (Å²) < 4.78 is 27.4. The number of carbonyl (C=O) groups excluding carboxylic acids is 2. The molecule has 0 unspecified atom stereocenters. The largest absolute Gasteiger partial charge is 0.426 e. The number of methoxy groups -OCH3 is 2. The minimum Gasteiger partial charge on any atom is -0.426 e. The molecule has 4 atom stereocenters. The van der Waals surface area contributed by atoms with Crippen molar-refractivity contribution in [2.45, 2.75) is 43.9 Å². The smallest absolute Gasteiger partial charge is 0.338 e. The lowest BCUT2D eigenvalue weighted by atomic mass is 9.86. The van der Waals surface area contributed by atoms with E-state index in [1.165, 1.54) is 14.2 Å². The van der Waals surface area contributed by atoms with Crippen LogP contribution in [0.4, 0.5) is 0 Å². The second kappa shape index (κ2) is 5.84. The monoisotopic (exact) mass is 336 g/mol. The summed E-state index contributed by atoms with van der Waals surface area (Å²) in [5.74, 6) is -3.85. The van der Waals surface area contributed by atoms with Crippen molar-refractivity contribution in [1.82, 2.24) is 0 Å². The standard InChI is InChI=1S/C17H20O7/c1-16(20-3)17(2,21-4)24-15(19)14(23-16)11-9-13(18)22-12-8-6-5-7-10(11)12/h5-8,11,14H,9H2,1-4H3/t11-,14-,16+,17+/m1/s1. The van der Waals surface area contributed by atoms with Gasteiger partial charge in [-0.3, -0.25) is 4.79 Å². The summed E-state index contributed by atoms with van der Waals surface area (Å²) in [6.07, 6.45) is -0.993. The lowest BCUT2D eigenvalue weighted by Gasteiger charge is -2.49. The van der Waals surface area contributed by atoms with E-state index in [9.17, 15) is 9.59 Å². The number of ether oxygens (including phenoxy) is 5. The highest BCUT2D eigenvalue weighted by Gasteiger charge is 2.59. The topological polar surface area (TPSA) is 80.3 Å². The lowest BCUT2D eigenvalue weighted by molar-refractivity contribution is -0.407. The van der Waals surface area contributed by atoms with Gasteiger partial charge in [0.05, 0.1) is 6.42 Å². The Hall–Kier alpha value is -1.96. The van der Waals surface area contributed by atoms with Gasteiger partial charge in [-0.05, 0) is 13.0 Å². The van der Waals surface area contributed by atoms with E-state index in [0.717, 1.165) is 5.56 Å². The van der Waals surface area contributed by atoms with E-state index < -0.39 is 35.5 Å². The molecule has 0 N–H and O–H groups in total. The molecule has 0 saturated carbocycles. The van der Waals surface area contributed by atoms with Crippen molar-refractivity contribution in [3.8, 4) is 5.75 Å². The van der Waals surface area contributed by atoms with Gasteiger partial charge in [0.15, 0.2) is 6.10 Å². The normalized spacial score (nSPS) is 35.8. The zero-order chi connectivity index (χ0) is 17.5. The minimum absolute atomic E-state index is 0.0142. The van der Waals surface area contributed by atoms with Gasteiger partial charge < -0.3 is 23.7 Å². The van der Waals surface area contributed by atoms with Crippen LogP contribution in [0.15, 0.2) is 24.3 Å². The van der Waals surface area contributed by atoms with Crippen LogP contribution in [0, 0.1) is 0 Å². The number of cyclic esters (lactones) is 1. The lowest BCUT2D eigenvalue weighted by Crippen LogP contribution is -2.65. The minimum atomic E-state index is -1.40. The van der Waals surface area contributed by atoms with Gasteiger partial charge in [-0.15, -0.1) is 0 Å². The first-order valence-corrected chi connectivity index (χ1v) is 7.64. The Kier molecular flexibility index (Phi) is 4.11. The Bertz CT molecular complexity index is 673. The highest BCUT2D eigenvalue weighted by molar-refractivity contribution is 5.82. The van der Waals surface area contributed by atoms with Crippen LogP contribution in [0.5, 0.6) is 5.75 Å². The van der Waals surface area contributed by atoms with E-state index >= 15 is 0 Å². The molecule has 2 aliphatic heterocycles. The van der Waals surface area contributed by atoms with Crippen LogP contribution >= 0.6 is 0 Å². The molecular formula is C17H20O7. The van der Waals surface area contributed by atoms with Crippen LogP contribution in [-0.2, 0) is 28.5 Å². The second-order valence-corrected chi connectivity index (χ2v) is 6.08. The van der Waals surface area contributed by atoms with Crippen molar-refractivity contribution in [2.24, 2.45) is 0 Å². The van der Waals surface area contributed by atoms with Gasteiger partial charge in [0, 0.05) is 32.6 Å². The van der Waals surface area contributed by atoms with Crippen LogP contribution < -0.4 is 4.74 Å². The summed E-state index contributed by atoms with van der Waals surface area (Å²) in [4.78, 5) is 24.5. The molecule has 7 heteroatoms. The summed E-state index contributed by atoms with van der Waals surface area (Å²) in [6.45, 7) is 3.19. The Morgan fingerprint density at radius 2 is 1.75 bits per heavy atom. The fraction of sp³-hybridized carbons (Fsp3) is 0.529. The summed E-state index contributed by atoms with van der Waals surface area (Å²) >= 11 is 0. The number of benzene rings is 1. The third-order valence-electron chi connectivity index (χ3n) is 4.78. The van der Waals surface area contributed by atoms with Gasteiger partial charge in [-0.2, -0.15) is 0 Å². The van der Waals surface area contributed by atoms with Crippen LogP contribution in [0.25, 0.3) is 0 Å². The third-order valence-corrected chi connectivity index (χ3v) is 4.78. The second-order valence-electron chi connectivity index (χ2n) is 6.08. The van der Waals surface area contributed by atoms with E-state index in [2.05, 4.69) is 0 Å². The Labute approximate surface area is 139 Å². The first-order valence-electron chi connectivity index (χ1n) is 7.64. The molecule has 0 amide bonds. The molecule has 0 spiro atoms. The molecule has 2 aliphatic rings. The maximum Gasteiger partial charge on any atom is 0.338 e. The van der Waals surface area contributed by atoms with Gasteiger partial charge in [-0.1, -0.05) is 18.2 Å². The van der Waals surface area contributed by atoms with Gasteiger partial charge in [0.25, 0.3) is 5.79 Å². The molecule has 24 heavy (non-hydrogen) atoms. The van der Waals surface area contributed by atoms with E-state index in [4.69, 9.17) is 23.7 Å². The zero-order valence-corrected chi connectivity index (χ0v) is 14.0. The third kappa shape index (κ3) is 2.49. The highest BCUT2D eigenvalue weighted by atomic mass is 16.8. The molecule has 0 radical (unpaired) electrons. The van der Waals surface area contributed by atoms with Crippen molar-refractivity contribution in [2.75, 3.05) is 14.2 Å². The van der Waals surface area contributed by atoms with Crippen LogP contribution in [0.1, 0.15) is 31.7 Å². The molecule has 0 aliphatic carbocycles. The summed E-state index contributed by atoms with van der Waals surface area (Å²) in [5.41, 5.74) is 0.721. The summed E-state index contributed by atoms with van der Waals surface area (Å²) in [6, 6.07) is 7.06. The maximum absolute atomic E-state index is 12.6. The van der Waals surface area contributed by atoms with Crippen molar-refractivity contribution in [1.29, 1.82) is 0 Å². The van der Waals surface area contributed by atoms with Gasteiger partial charge in [-0.25, -0.2) is 4.79 Å². The molecular weight excluding hydrogens is 316 g/mol. The van der Waals surface area contributed by atoms with Gasteiger partial charge >= 0.3 is 11.9 Å². The Morgan fingerprint density at radius 1 is 1.08 bits per heavy atom. The Morgan fingerprint density at radius 3 is 2.42 bits per heavy atom. The molecule has 2 heterocycles. The number of rotatable bonds is 3. The Balaban J connectivity index is 1.98. The van der Waals surface area contributed by atoms with E-state index in [1.54, 1.807) is 32.0 Å². The quantitative estimate of drug-likeness (QED) is 0.614. The number of hydrogen-bond acceptors (Lipinski definition) is 7. The van der Waals surface area contributed by atoms with Crippen molar-refractivity contribution in [3.63, 3.8) is 0 Å². The predicted octanol–water partition coefficient (Wildman–Crippen LogP) is 1.75. The van der Waals surface area contributed by atoms with Crippen LogP contribution in [-0.4, -0.2) is 43.8 Å². The molecule has 7 nitrogen and oxygen atoms in total. The predicted molar refractivity (Wildman–Crippen MR) is 81.2 cm³/mol. The molecule has 1 aromatic rings. The van der Waals surface area contributed by atoms with Crippen molar-refractivity contribution >= 4 is 11.9 Å². The molecule has 1 aromatic carbocycles. The molecule has 1 saturated heterocycles. The number of para-hydroxylation sites is 1. The average molecular weight is 336 g/mol. The fourth-order valence-corrected chi connectivity index (χ4v) is 3.05. The van der Waals surface area contributed by atoms with Crippen LogP contribution in [0.3, 0.4) is 0 Å². The SMILES string of the molecule is CO[C@@]1(C)OC(=O)[C@@H]([C@@H]2CC(=O)Oc3ccccc32)O[C@]1(C)OC. The first-order chi connectivity index (χ1) is 11.3. The fourth-order valence-electron chi connectivity index (χ4n) is 3.05. The van der Waals surface area contributed by atoms with Crippen molar-refractivity contribution < 1.29 is 33.3 Å². The first kappa shape index (κ1) is 16.9. The molecule has 130 valence electrons. The molecule has 0 aromatic heterocycles. The van der Waals surface area contributed by atoms with Gasteiger partial charge in [0.2, 0.25) is 5.79 Å². The average Bonchev–Trinajstić information content (AvgIpc) is 2.57. The highest BCUT2D eigenvalue weighted by Crippen LogP contribution is 2.44. The van der Waals surface area contributed by atoms with Crippen LogP contribution in [0.2, 0.25) is 0 Å². The summed E-state index contributed by atoms with van der Waals surface area (Å²) in [7, 11) is 2.85. The number of carbonyl (C=O) groups is 2. The number of hydrogen-bond donors (Lipinski definition) is 0. The zero-order valence-electron chi connectivity index (χ0n) is 14.0. The molecule has 1 fully saturated rings. The van der Waals surface area contributed by atoms with E-state index in [-0.39, 0.29) is 6.42 Å². The molecule has 0 bridgehead atoms. The van der Waals surface area contributed by atoms with E-state index in [0.29, 0.717) is 5.75 Å². The van der Waals surface area contributed by atoms with Crippen molar-refractivity contribution in [3.05, 3.63) is 29.8 Å². The molecule has 3 rings (SSSR count).